The maximum absolute atomic E-state index is 13.6. The molecule has 3 aromatic carbocycles. The molecule has 236 valence electrons. The van der Waals surface area contributed by atoms with E-state index in [1.165, 1.54) is 5.56 Å². The molecule has 2 atom stereocenters. The lowest BCUT2D eigenvalue weighted by molar-refractivity contribution is -0.126. The molecular weight excluding hydrogens is 574 g/mol. The minimum absolute atomic E-state index is 0.151. The second kappa shape index (κ2) is 14.7. The van der Waals surface area contributed by atoms with Crippen molar-refractivity contribution in [3.63, 3.8) is 0 Å². The Kier molecular flexibility index (Phi) is 10.7. The molecule has 1 fully saturated rings. The number of benzene rings is 3. The van der Waals surface area contributed by atoms with Gasteiger partial charge in [-0.15, -0.1) is 0 Å². The third-order valence-electron chi connectivity index (χ3n) is 8.81. The number of carbonyl (C=O) groups excluding carboxylic acids is 1. The number of unbranched alkanes of at least 4 members (excludes halogenated alkanes) is 1. The molecule has 0 N–H and O–H groups in total. The van der Waals surface area contributed by atoms with Gasteiger partial charge in [0.05, 0.1) is 45.8 Å². The van der Waals surface area contributed by atoms with Gasteiger partial charge in [-0.05, 0) is 68.1 Å². The molecule has 0 aliphatic carbocycles. The van der Waals surface area contributed by atoms with Crippen molar-refractivity contribution in [1.82, 2.24) is 13.7 Å². The van der Waals surface area contributed by atoms with E-state index in [1.807, 2.05) is 62.5 Å². The van der Waals surface area contributed by atoms with E-state index >= 15 is 0 Å². The fraction of sp³-hybridized carbons (Fsp3) is 0.457. The van der Waals surface area contributed by atoms with E-state index in [2.05, 4.69) is 21.9 Å². The zero-order chi connectivity index (χ0) is 31.1. The molecule has 2 heterocycles. The van der Waals surface area contributed by atoms with Gasteiger partial charge in [-0.2, -0.15) is 3.89 Å². The standard InChI is InChI=1S/C35H46N3O5S/c1-26-28-12-6-9-15-33(28)44-38(2,35(26)39)29-13-7-8-14-30(29)43-23-11-10-17-36-19-21-37(22-20-36)18-16-27-24-31(40-3)34(42-5)32(25-27)41-4/h6-9,12-15,24-26H,10-11,16-23H2,1-5H3/q+1. The summed E-state index contributed by atoms with van der Waals surface area (Å²) in [6.45, 7) is 9.01. The van der Waals surface area contributed by atoms with Crippen molar-refractivity contribution in [1.29, 1.82) is 0 Å². The van der Waals surface area contributed by atoms with Crippen LogP contribution in [0.2, 0.25) is 0 Å². The van der Waals surface area contributed by atoms with Crippen LogP contribution in [0.15, 0.2) is 65.6 Å². The van der Waals surface area contributed by atoms with Crippen LogP contribution < -0.4 is 22.8 Å². The monoisotopic (exact) mass is 620 g/mol. The third kappa shape index (κ3) is 7.01. The van der Waals surface area contributed by atoms with Crippen molar-refractivity contribution in [2.24, 2.45) is 0 Å². The number of carbonyl (C=O) groups is 1. The zero-order valence-electron chi connectivity index (χ0n) is 26.7. The highest BCUT2D eigenvalue weighted by atomic mass is 32.2. The highest BCUT2D eigenvalue weighted by Crippen LogP contribution is 2.49. The smallest absolute Gasteiger partial charge is 0.337 e. The van der Waals surface area contributed by atoms with Crippen molar-refractivity contribution in [2.45, 2.75) is 37.0 Å². The second-order valence-corrected chi connectivity index (χ2v) is 13.0. The first kappa shape index (κ1) is 32.2. The second-order valence-electron chi connectivity index (χ2n) is 11.6. The minimum Gasteiger partial charge on any atom is -0.493 e. The summed E-state index contributed by atoms with van der Waals surface area (Å²) in [6, 6.07) is 20.3. The molecule has 1 amide bonds. The van der Waals surface area contributed by atoms with Crippen LogP contribution in [0, 0.1) is 0 Å². The van der Waals surface area contributed by atoms with E-state index in [-0.39, 0.29) is 15.7 Å². The lowest BCUT2D eigenvalue weighted by Crippen LogP contribution is -2.48. The number of hydrogen-bond donors (Lipinski definition) is 0. The maximum Gasteiger partial charge on any atom is 0.337 e. The van der Waals surface area contributed by atoms with E-state index in [0.29, 0.717) is 23.9 Å². The first-order valence-corrected chi connectivity index (χ1v) is 16.3. The van der Waals surface area contributed by atoms with E-state index in [1.54, 1.807) is 33.3 Å². The van der Waals surface area contributed by atoms with Gasteiger partial charge in [0.15, 0.2) is 22.9 Å². The summed E-state index contributed by atoms with van der Waals surface area (Å²) in [4.78, 5) is 19.8. The van der Waals surface area contributed by atoms with Crippen LogP contribution in [0.4, 0.5) is 5.69 Å². The first-order valence-electron chi connectivity index (χ1n) is 15.5. The van der Waals surface area contributed by atoms with Gasteiger partial charge in [-0.3, -0.25) is 0 Å². The van der Waals surface area contributed by atoms with Gasteiger partial charge in [-0.25, -0.2) is 4.79 Å². The van der Waals surface area contributed by atoms with Gasteiger partial charge in [-0.1, -0.05) is 30.3 Å². The summed E-state index contributed by atoms with van der Waals surface area (Å²) in [7, 11) is 6.93. The Labute approximate surface area is 266 Å². The maximum atomic E-state index is 13.6. The van der Waals surface area contributed by atoms with Crippen LogP contribution in [-0.4, -0.2) is 90.0 Å². The van der Waals surface area contributed by atoms with E-state index in [0.717, 1.165) is 80.4 Å². The van der Waals surface area contributed by atoms with Crippen molar-refractivity contribution < 1.29 is 23.7 Å². The van der Waals surface area contributed by atoms with Crippen LogP contribution in [-0.2, 0) is 11.2 Å². The largest absolute Gasteiger partial charge is 0.493 e. The number of ether oxygens (including phenoxy) is 4. The predicted molar refractivity (Wildman–Crippen MR) is 177 cm³/mol. The molecule has 0 aromatic heterocycles. The quantitative estimate of drug-likeness (QED) is 0.131. The summed E-state index contributed by atoms with van der Waals surface area (Å²) >= 11 is 1.59. The number of likely N-dealkylation sites (N-methyl/N-ethyl adjacent to an activating group) is 1. The van der Waals surface area contributed by atoms with Gasteiger partial charge < -0.3 is 28.7 Å². The topological polar surface area (TPSA) is 60.5 Å². The van der Waals surface area contributed by atoms with Gasteiger partial charge in [0, 0.05) is 38.8 Å². The van der Waals surface area contributed by atoms with Crippen LogP contribution in [0.25, 0.3) is 0 Å². The Bertz CT molecular complexity index is 1400. The fourth-order valence-electron chi connectivity index (χ4n) is 6.19. The first-order chi connectivity index (χ1) is 21.4. The summed E-state index contributed by atoms with van der Waals surface area (Å²) < 4.78 is 23.0. The molecular formula is C35H46N3O5S+. The molecule has 0 radical (unpaired) electrons. The number of piperazine rings is 1. The molecule has 9 heteroatoms. The SMILES string of the molecule is COc1cc(CCN2CCN(CCCCOc3ccccc3[N+]3(C)Sc4ccccc4C(C)C3=O)CC2)cc(OC)c1OC. The lowest BCUT2D eigenvalue weighted by atomic mass is 9.99. The summed E-state index contributed by atoms with van der Waals surface area (Å²) in [5.74, 6) is 2.84. The number of amides is 1. The molecule has 1 saturated heterocycles. The molecule has 8 nitrogen and oxygen atoms in total. The summed E-state index contributed by atoms with van der Waals surface area (Å²) in [6.07, 6.45) is 2.99. The normalized spacial score (nSPS) is 20.7. The van der Waals surface area contributed by atoms with Gasteiger partial charge >= 0.3 is 5.91 Å². The van der Waals surface area contributed by atoms with Crippen LogP contribution in [0.3, 0.4) is 0 Å². The Morgan fingerprint density at radius 1 is 0.818 bits per heavy atom. The average molecular weight is 621 g/mol. The van der Waals surface area contributed by atoms with E-state index in [4.69, 9.17) is 18.9 Å². The molecule has 3 aromatic rings. The number of hydrogen-bond acceptors (Lipinski definition) is 8. The number of fused-ring (bicyclic) bond motifs is 1. The Morgan fingerprint density at radius 3 is 2.14 bits per heavy atom. The molecule has 0 spiro atoms. The molecule has 5 rings (SSSR count). The summed E-state index contributed by atoms with van der Waals surface area (Å²) in [5.41, 5.74) is 3.20. The Balaban J connectivity index is 1.06. The average Bonchev–Trinajstić information content (AvgIpc) is 3.06. The number of para-hydroxylation sites is 2. The molecule has 2 unspecified atom stereocenters. The van der Waals surface area contributed by atoms with Gasteiger partial charge in [0.25, 0.3) is 0 Å². The summed E-state index contributed by atoms with van der Waals surface area (Å²) in [5, 5.41) is 0. The van der Waals surface area contributed by atoms with Crippen molar-refractivity contribution >= 4 is 23.5 Å². The van der Waals surface area contributed by atoms with Crippen LogP contribution in [0.5, 0.6) is 23.0 Å². The Morgan fingerprint density at radius 2 is 1.45 bits per heavy atom. The molecule has 2 aliphatic heterocycles. The zero-order valence-corrected chi connectivity index (χ0v) is 27.5. The fourth-order valence-corrected chi connectivity index (χ4v) is 7.57. The molecule has 2 aliphatic rings. The van der Waals surface area contributed by atoms with Crippen LogP contribution in [0.1, 0.15) is 36.8 Å². The number of quaternary nitrogens is 1. The number of rotatable bonds is 13. The van der Waals surface area contributed by atoms with E-state index < -0.39 is 0 Å². The molecule has 0 bridgehead atoms. The minimum atomic E-state index is -0.166. The van der Waals surface area contributed by atoms with Crippen molar-refractivity contribution in [3.8, 4) is 23.0 Å². The van der Waals surface area contributed by atoms with Gasteiger partial charge in [0.1, 0.15) is 11.9 Å². The van der Waals surface area contributed by atoms with Crippen molar-refractivity contribution in [2.75, 3.05) is 74.3 Å². The Hall–Kier alpha value is -3.24. The number of methoxy groups -OCH3 is 3. The lowest BCUT2D eigenvalue weighted by Gasteiger charge is -2.36. The highest BCUT2D eigenvalue weighted by Gasteiger charge is 2.47. The van der Waals surface area contributed by atoms with Crippen LogP contribution >= 0.6 is 11.9 Å². The molecule has 0 saturated carbocycles. The van der Waals surface area contributed by atoms with Gasteiger partial charge in [0.2, 0.25) is 5.75 Å². The van der Waals surface area contributed by atoms with Crippen molar-refractivity contribution in [3.05, 3.63) is 71.8 Å². The molecule has 44 heavy (non-hydrogen) atoms. The number of nitrogens with zero attached hydrogens (tertiary/aromatic N) is 3. The predicted octanol–water partition coefficient (Wildman–Crippen LogP) is 6.02. The highest BCUT2D eigenvalue weighted by molar-refractivity contribution is 7.99. The van der Waals surface area contributed by atoms with E-state index in [9.17, 15) is 4.79 Å². The third-order valence-corrected chi connectivity index (χ3v) is 10.1.